The monoisotopic (exact) mass is 444 g/mol. The average molecular weight is 445 g/mol. The van der Waals surface area contributed by atoms with Crippen LogP contribution in [0, 0.1) is 6.92 Å². The maximum atomic E-state index is 12.5. The Balaban J connectivity index is 1.77. The summed E-state index contributed by atoms with van der Waals surface area (Å²) in [7, 11) is 0. The number of anilines is 1. The summed E-state index contributed by atoms with van der Waals surface area (Å²) in [5.74, 6) is -0.856. The van der Waals surface area contributed by atoms with Crippen LogP contribution in [0.4, 0.5) is 5.69 Å². The van der Waals surface area contributed by atoms with Crippen molar-refractivity contribution in [2.75, 3.05) is 11.9 Å². The number of carbonyl (C=O) groups excluding carboxylic acids is 3. The standard InChI is InChI=1S/C24H29ClN2O4/c1-15(2)20-8-5-7-16(3)22(20)27-23(29)17(4)31-21(28)9-6-14-26-24(30)18-10-12-19(25)13-11-18/h5,7-8,10-13,15,17H,6,9,14H2,1-4H3,(H,26,30)(H,27,29). The molecule has 0 bridgehead atoms. The van der Waals surface area contributed by atoms with E-state index in [4.69, 9.17) is 16.3 Å². The molecule has 2 amide bonds. The highest BCUT2D eigenvalue weighted by Gasteiger charge is 2.20. The van der Waals surface area contributed by atoms with Crippen LogP contribution in [0.1, 0.15) is 61.0 Å². The van der Waals surface area contributed by atoms with Crippen LogP contribution in [0.2, 0.25) is 5.02 Å². The van der Waals surface area contributed by atoms with Crippen LogP contribution in [0.5, 0.6) is 0 Å². The fourth-order valence-corrected chi connectivity index (χ4v) is 3.14. The minimum atomic E-state index is -0.921. The van der Waals surface area contributed by atoms with Gasteiger partial charge in [0.2, 0.25) is 0 Å². The predicted molar refractivity (Wildman–Crippen MR) is 122 cm³/mol. The summed E-state index contributed by atoms with van der Waals surface area (Å²) in [4.78, 5) is 36.6. The van der Waals surface area contributed by atoms with Gasteiger partial charge in [-0.1, -0.05) is 43.6 Å². The van der Waals surface area contributed by atoms with Gasteiger partial charge in [0.25, 0.3) is 11.8 Å². The van der Waals surface area contributed by atoms with E-state index in [0.29, 0.717) is 23.6 Å². The highest BCUT2D eigenvalue weighted by atomic mass is 35.5. The molecule has 0 saturated heterocycles. The Morgan fingerprint density at radius 1 is 1.03 bits per heavy atom. The third kappa shape index (κ3) is 7.40. The van der Waals surface area contributed by atoms with E-state index in [9.17, 15) is 14.4 Å². The minimum absolute atomic E-state index is 0.0973. The number of para-hydroxylation sites is 1. The number of carbonyl (C=O) groups is 3. The summed E-state index contributed by atoms with van der Waals surface area (Å²) >= 11 is 5.80. The molecule has 0 radical (unpaired) electrons. The van der Waals surface area contributed by atoms with Crippen molar-refractivity contribution >= 4 is 35.1 Å². The van der Waals surface area contributed by atoms with Gasteiger partial charge in [-0.05, 0) is 61.6 Å². The zero-order chi connectivity index (χ0) is 23.0. The molecule has 0 aromatic heterocycles. The van der Waals surface area contributed by atoms with Crippen LogP contribution < -0.4 is 10.6 Å². The van der Waals surface area contributed by atoms with Gasteiger partial charge < -0.3 is 15.4 Å². The van der Waals surface area contributed by atoms with Crippen molar-refractivity contribution in [2.45, 2.75) is 52.6 Å². The number of aryl methyl sites for hydroxylation is 1. The molecule has 2 N–H and O–H groups in total. The van der Waals surface area contributed by atoms with E-state index in [1.54, 1.807) is 31.2 Å². The Morgan fingerprint density at radius 3 is 2.35 bits per heavy atom. The maximum Gasteiger partial charge on any atom is 0.306 e. The summed E-state index contributed by atoms with van der Waals surface area (Å²) in [5.41, 5.74) is 3.24. The van der Waals surface area contributed by atoms with Crippen molar-refractivity contribution in [3.63, 3.8) is 0 Å². The molecule has 166 valence electrons. The molecule has 0 aliphatic carbocycles. The summed E-state index contributed by atoms with van der Waals surface area (Å²) in [5, 5.41) is 6.18. The van der Waals surface area contributed by atoms with Crippen molar-refractivity contribution < 1.29 is 19.1 Å². The van der Waals surface area contributed by atoms with Gasteiger partial charge in [-0.3, -0.25) is 14.4 Å². The number of hydrogen-bond donors (Lipinski definition) is 2. The third-order valence-electron chi connectivity index (χ3n) is 4.80. The third-order valence-corrected chi connectivity index (χ3v) is 5.05. The number of ether oxygens (including phenoxy) is 1. The van der Waals surface area contributed by atoms with Crippen LogP contribution in [-0.2, 0) is 14.3 Å². The molecule has 31 heavy (non-hydrogen) atoms. The fraction of sp³-hybridized carbons (Fsp3) is 0.375. The smallest absolute Gasteiger partial charge is 0.306 e. The van der Waals surface area contributed by atoms with Gasteiger partial charge in [-0.25, -0.2) is 0 Å². The predicted octanol–water partition coefficient (Wildman–Crippen LogP) is 4.85. The number of nitrogens with one attached hydrogen (secondary N) is 2. The van der Waals surface area contributed by atoms with Crippen molar-refractivity contribution in [1.82, 2.24) is 5.32 Å². The molecule has 0 fully saturated rings. The lowest BCUT2D eigenvalue weighted by atomic mass is 9.98. The van der Waals surface area contributed by atoms with E-state index in [0.717, 1.165) is 16.8 Å². The normalized spacial score (nSPS) is 11.7. The van der Waals surface area contributed by atoms with Gasteiger partial charge >= 0.3 is 5.97 Å². The number of hydrogen-bond acceptors (Lipinski definition) is 4. The van der Waals surface area contributed by atoms with Crippen LogP contribution in [0.3, 0.4) is 0 Å². The Morgan fingerprint density at radius 2 is 1.71 bits per heavy atom. The molecule has 0 aliphatic heterocycles. The number of amides is 2. The topological polar surface area (TPSA) is 84.5 Å². The van der Waals surface area contributed by atoms with Crippen molar-refractivity contribution in [3.05, 3.63) is 64.2 Å². The van der Waals surface area contributed by atoms with E-state index < -0.39 is 12.1 Å². The van der Waals surface area contributed by atoms with Crippen LogP contribution >= 0.6 is 11.6 Å². The van der Waals surface area contributed by atoms with Crippen LogP contribution in [-0.4, -0.2) is 30.4 Å². The van der Waals surface area contributed by atoms with Crippen LogP contribution in [0.25, 0.3) is 0 Å². The lowest BCUT2D eigenvalue weighted by molar-refractivity contribution is -0.153. The molecule has 0 aliphatic rings. The molecule has 0 heterocycles. The molecule has 7 heteroatoms. The van der Waals surface area contributed by atoms with Gasteiger partial charge in [-0.2, -0.15) is 0 Å². The van der Waals surface area contributed by atoms with E-state index in [-0.39, 0.29) is 24.2 Å². The molecule has 1 atom stereocenters. The number of rotatable bonds is 9. The number of benzene rings is 2. The molecule has 6 nitrogen and oxygen atoms in total. The summed E-state index contributed by atoms with van der Waals surface area (Å²) < 4.78 is 5.25. The van der Waals surface area contributed by atoms with Crippen molar-refractivity contribution in [2.24, 2.45) is 0 Å². The lowest BCUT2D eigenvalue weighted by Crippen LogP contribution is -2.31. The molecule has 2 aromatic carbocycles. The number of halogens is 1. The highest BCUT2D eigenvalue weighted by molar-refractivity contribution is 6.30. The molecule has 0 spiro atoms. The molecule has 2 rings (SSSR count). The average Bonchev–Trinajstić information content (AvgIpc) is 2.72. The Bertz CT molecular complexity index is 926. The first-order chi connectivity index (χ1) is 14.7. The van der Waals surface area contributed by atoms with Crippen LogP contribution in [0.15, 0.2) is 42.5 Å². The first-order valence-corrected chi connectivity index (χ1v) is 10.7. The second kappa shape index (κ2) is 11.5. The van der Waals surface area contributed by atoms with Gasteiger partial charge in [-0.15, -0.1) is 0 Å². The minimum Gasteiger partial charge on any atom is -0.453 e. The highest BCUT2D eigenvalue weighted by Crippen LogP contribution is 2.27. The van der Waals surface area contributed by atoms with Gasteiger partial charge in [0.15, 0.2) is 6.10 Å². The first-order valence-electron chi connectivity index (χ1n) is 10.3. The van der Waals surface area contributed by atoms with E-state index in [2.05, 4.69) is 24.5 Å². The second-order valence-corrected chi connectivity index (χ2v) is 8.12. The molecular weight excluding hydrogens is 416 g/mol. The molecule has 2 aromatic rings. The summed E-state index contributed by atoms with van der Waals surface area (Å²) in [6.45, 7) is 7.90. The first kappa shape index (κ1) is 24.4. The van der Waals surface area contributed by atoms with Crippen molar-refractivity contribution in [1.29, 1.82) is 0 Å². The summed E-state index contributed by atoms with van der Waals surface area (Å²) in [6.07, 6.45) is -0.419. The Hall–Kier alpha value is -2.86. The van der Waals surface area contributed by atoms with Gasteiger partial charge in [0, 0.05) is 29.2 Å². The molecule has 0 saturated carbocycles. The Kier molecular flexibility index (Phi) is 9.06. The quantitative estimate of drug-likeness (QED) is 0.427. The van der Waals surface area contributed by atoms with Crippen molar-refractivity contribution in [3.8, 4) is 0 Å². The largest absolute Gasteiger partial charge is 0.453 e. The molecule has 1 unspecified atom stereocenters. The number of esters is 1. The SMILES string of the molecule is Cc1cccc(C(C)C)c1NC(=O)C(C)OC(=O)CCCNC(=O)c1ccc(Cl)cc1. The Labute approximate surface area is 188 Å². The lowest BCUT2D eigenvalue weighted by Gasteiger charge is -2.19. The second-order valence-electron chi connectivity index (χ2n) is 7.68. The van der Waals surface area contributed by atoms with Gasteiger partial charge in [0.1, 0.15) is 0 Å². The molecular formula is C24H29ClN2O4. The zero-order valence-electron chi connectivity index (χ0n) is 18.3. The zero-order valence-corrected chi connectivity index (χ0v) is 19.1. The fourth-order valence-electron chi connectivity index (χ4n) is 3.01. The maximum absolute atomic E-state index is 12.5. The van der Waals surface area contributed by atoms with E-state index in [1.807, 2.05) is 25.1 Å². The van der Waals surface area contributed by atoms with E-state index >= 15 is 0 Å². The van der Waals surface area contributed by atoms with E-state index in [1.165, 1.54) is 0 Å². The van der Waals surface area contributed by atoms with Gasteiger partial charge in [0.05, 0.1) is 0 Å². The summed E-state index contributed by atoms with van der Waals surface area (Å²) in [6, 6.07) is 12.4.